The van der Waals surface area contributed by atoms with Crippen LogP contribution in [0.2, 0.25) is 0 Å². The lowest BCUT2D eigenvalue weighted by atomic mass is 10.2. The maximum Gasteiger partial charge on any atom is 0.248 e. The van der Waals surface area contributed by atoms with Crippen molar-refractivity contribution < 1.29 is 9.90 Å². The van der Waals surface area contributed by atoms with Crippen LogP contribution >= 0.6 is 0 Å². The second-order valence-electron chi connectivity index (χ2n) is 5.56. The Morgan fingerprint density at radius 3 is 2.13 bits per heavy atom. The number of aliphatic hydroxyl groups excluding tert-OH is 1. The summed E-state index contributed by atoms with van der Waals surface area (Å²) >= 11 is 0. The van der Waals surface area contributed by atoms with Crippen LogP contribution in [0.15, 0.2) is 84.4 Å². The predicted octanol–water partition coefficient (Wildman–Crippen LogP) is 4.66. The molecule has 122 valence electrons. The normalized spacial score (nSPS) is 16.6. The van der Waals surface area contributed by atoms with Crippen molar-refractivity contribution in [2.75, 3.05) is 0 Å². The number of aliphatic hydroxyl groups is 1. The molecule has 23 heavy (non-hydrogen) atoms. The molecule has 0 saturated carbocycles. The van der Waals surface area contributed by atoms with Gasteiger partial charge in [-0.2, -0.15) is 0 Å². The molecule has 3 nitrogen and oxygen atoms in total. The Hall–Kier alpha value is -2.55. The number of rotatable bonds is 7. The Kier molecular flexibility index (Phi) is 8.22. The molecule has 0 aromatic heterocycles. The molecule has 1 rings (SSSR count). The fraction of sp³-hybridized carbons (Fsp3) is 0.250. The van der Waals surface area contributed by atoms with Crippen LogP contribution < -0.4 is 5.32 Å². The number of amides is 1. The van der Waals surface area contributed by atoms with Crippen molar-refractivity contribution in [3.05, 3.63) is 84.4 Å². The minimum absolute atomic E-state index is 0.202. The van der Waals surface area contributed by atoms with Gasteiger partial charge in [-0.05, 0) is 17.9 Å². The SMILES string of the molecule is C=C1CCC(O)=C1NC(=O)/C=C/C=C/C=C/C=C/C=C/C(C)C. The average molecular weight is 311 g/mol. The Morgan fingerprint density at radius 1 is 1.04 bits per heavy atom. The molecule has 2 N–H and O–H groups in total. The van der Waals surface area contributed by atoms with E-state index in [1.807, 2.05) is 36.5 Å². The van der Waals surface area contributed by atoms with Crippen LogP contribution in [-0.4, -0.2) is 11.0 Å². The summed E-state index contributed by atoms with van der Waals surface area (Å²) in [5.74, 6) is 0.481. The van der Waals surface area contributed by atoms with E-state index in [1.54, 1.807) is 12.2 Å². The molecule has 0 aromatic carbocycles. The molecule has 0 radical (unpaired) electrons. The van der Waals surface area contributed by atoms with Gasteiger partial charge in [-0.3, -0.25) is 4.79 Å². The van der Waals surface area contributed by atoms with Gasteiger partial charge in [0, 0.05) is 12.5 Å². The average Bonchev–Trinajstić information content (AvgIpc) is 2.80. The molecule has 0 saturated heterocycles. The summed E-state index contributed by atoms with van der Waals surface area (Å²) < 4.78 is 0. The van der Waals surface area contributed by atoms with Crippen molar-refractivity contribution in [2.45, 2.75) is 26.7 Å². The van der Waals surface area contributed by atoms with E-state index in [1.165, 1.54) is 6.08 Å². The van der Waals surface area contributed by atoms with Gasteiger partial charge in [0.05, 0.1) is 5.70 Å². The van der Waals surface area contributed by atoms with E-state index in [-0.39, 0.29) is 11.7 Å². The molecule has 0 aromatic rings. The lowest BCUT2D eigenvalue weighted by Crippen LogP contribution is -2.21. The molecule has 1 aliphatic rings. The predicted molar refractivity (Wildman–Crippen MR) is 96.7 cm³/mol. The maximum absolute atomic E-state index is 11.7. The van der Waals surface area contributed by atoms with Crippen LogP contribution in [0.4, 0.5) is 0 Å². The number of carbonyl (C=O) groups excluding carboxylic acids is 1. The summed E-state index contributed by atoms with van der Waals surface area (Å²) in [6.45, 7) is 8.07. The first-order valence-corrected chi connectivity index (χ1v) is 7.77. The molecule has 0 bridgehead atoms. The number of nitrogens with one attached hydrogen (secondary N) is 1. The van der Waals surface area contributed by atoms with E-state index in [0.717, 1.165) is 5.57 Å². The second kappa shape index (κ2) is 10.2. The van der Waals surface area contributed by atoms with Crippen molar-refractivity contribution in [1.29, 1.82) is 0 Å². The fourth-order valence-electron chi connectivity index (χ4n) is 1.86. The molecule has 0 aliphatic heterocycles. The summed E-state index contributed by atoms with van der Waals surface area (Å²) in [5, 5.41) is 12.3. The van der Waals surface area contributed by atoms with Crippen LogP contribution in [0.1, 0.15) is 26.7 Å². The number of carbonyl (C=O) groups is 1. The third kappa shape index (κ3) is 7.86. The first kappa shape index (κ1) is 18.5. The van der Waals surface area contributed by atoms with Gasteiger partial charge in [0.1, 0.15) is 5.76 Å². The Labute approximate surface area is 138 Å². The Morgan fingerprint density at radius 2 is 1.61 bits per heavy atom. The van der Waals surface area contributed by atoms with E-state index >= 15 is 0 Å². The minimum Gasteiger partial charge on any atom is -0.510 e. The zero-order valence-corrected chi connectivity index (χ0v) is 13.8. The third-order valence-electron chi connectivity index (χ3n) is 3.08. The summed E-state index contributed by atoms with van der Waals surface area (Å²) in [7, 11) is 0. The molecule has 3 heteroatoms. The van der Waals surface area contributed by atoms with Gasteiger partial charge in [0.15, 0.2) is 0 Å². The highest BCUT2D eigenvalue weighted by Crippen LogP contribution is 2.25. The van der Waals surface area contributed by atoms with Gasteiger partial charge in [-0.25, -0.2) is 0 Å². The van der Waals surface area contributed by atoms with Gasteiger partial charge in [0.25, 0.3) is 0 Å². The Balaban J connectivity index is 2.34. The molecular weight excluding hydrogens is 286 g/mol. The first-order valence-electron chi connectivity index (χ1n) is 7.77. The topological polar surface area (TPSA) is 49.3 Å². The zero-order valence-electron chi connectivity index (χ0n) is 13.8. The van der Waals surface area contributed by atoms with Crippen molar-refractivity contribution in [3.8, 4) is 0 Å². The highest BCUT2D eigenvalue weighted by Gasteiger charge is 2.18. The van der Waals surface area contributed by atoms with Crippen molar-refractivity contribution >= 4 is 5.91 Å². The van der Waals surface area contributed by atoms with Crippen molar-refractivity contribution in [1.82, 2.24) is 5.32 Å². The molecule has 0 spiro atoms. The minimum atomic E-state index is -0.276. The van der Waals surface area contributed by atoms with Crippen LogP contribution in [0.3, 0.4) is 0 Å². The first-order chi connectivity index (χ1) is 11.0. The van der Waals surface area contributed by atoms with E-state index in [4.69, 9.17) is 0 Å². The number of hydrogen-bond acceptors (Lipinski definition) is 2. The Bertz CT molecular complexity index is 599. The molecule has 0 heterocycles. The van der Waals surface area contributed by atoms with Crippen LogP contribution in [0.25, 0.3) is 0 Å². The van der Waals surface area contributed by atoms with Gasteiger partial charge in [-0.15, -0.1) is 0 Å². The summed E-state index contributed by atoms with van der Waals surface area (Å²) in [5.41, 5.74) is 1.23. The smallest absolute Gasteiger partial charge is 0.248 e. The number of hydrogen-bond donors (Lipinski definition) is 2. The largest absolute Gasteiger partial charge is 0.510 e. The van der Waals surface area contributed by atoms with Gasteiger partial charge >= 0.3 is 0 Å². The fourth-order valence-corrected chi connectivity index (χ4v) is 1.86. The number of allylic oxidation sites excluding steroid dienone is 11. The molecule has 1 aliphatic carbocycles. The van der Waals surface area contributed by atoms with E-state index in [2.05, 4.69) is 31.8 Å². The lowest BCUT2D eigenvalue weighted by Gasteiger charge is -2.04. The van der Waals surface area contributed by atoms with E-state index in [9.17, 15) is 9.90 Å². The summed E-state index contributed by atoms with van der Waals surface area (Å²) in [6, 6.07) is 0. The van der Waals surface area contributed by atoms with Crippen LogP contribution in [-0.2, 0) is 4.79 Å². The molecule has 0 fully saturated rings. The highest BCUT2D eigenvalue weighted by molar-refractivity contribution is 5.89. The molecule has 1 amide bonds. The molecular formula is C20H25NO2. The van der Waals surface area contributed by atoms with Gasteiger partial charge in [-0.1, -0.05) is 75.1 Å². The molecule has 0 unspecified atom stereocenters. The van der Waals surface area contributed by atoms with Gasteiger partial charge < -0.3 is 10.4 Å². The lowest BCUT2D eigenvalue weighted by molar-refractivity contribution is -0.115. The summed E-state index contributed by atoms with van der Waals surface area (Å²) in [4.78, 5) is 11.7. The quantitative estimate of drug-likeness (QED) is 0.530. The third-order valence-corrected chi connectivity index (χ3v) is 3.08. The molecule has 0 atom stereocenters. The van der Waals surface area contributed by atoms with Crippen molar-refractivity contribution in [2.24, 2.45) is 5.92 Å². The van der Waals surface area contributed by atoms with Crippen LogP contribution in [0, 0.1) is 5.92 Å². The van der Waals surface area contributed by atoms with Crippen LogP contribution in [0.5, 0.6) is 0 Å². The highest BCUT2D eigenvalue weighted by atomic mass is 16.3. The van der Waals surface area contributed by atoms with E-state index < -0.39 is 0 Å². The second-order valence-corrected chi connectivity index (χ2v) is 5.56. The van der Waals surface area contributed by atoms with Crippen molar-refractivity contribution in [3.63, 3.8) is 0 Å². The summed E-state index contributed by atoms with van der Waals surface area (Å²) in [6.07, 6.45) is 19.8. The maximum atomic E-state index is 11.7. The van der Waals surface area contributed by atoms with Gasteiger partial charge in [0.2, 0.25) is 5.91 Å². The zero-order chi connectivity index (χ0) is 17.1. The standard InChI is InChI=1S/C20H25NO2/c1-16(2)12-10-8-6-4-5-7-9-11-13-19(23)21-20-17(3)14-15-18(20)22/h4-13,16,22H,3,14-15H2,1-2H3,(H,21,23)/b5-4+,8-6+,9-7+,12-10+,13-11+. The monoisotopic (exact) mass is 311 g/mol. The van der Waals surface area contributed by atoms with E-state index in [0.29, 0.717) is 24.5 Å².